The lowest BCUT2D eigenvalue weighted by atomic mass is 9.73. The number of Topliss-reactive ketones (excluding diaryl/α,β-unsaturated/α-hetero) is 1. The molecule has 0 radical (unpaired) electrons. The van der Waals surface area contributed by atoms with Crippen LogP contribution in [0.15, 0.2) is 47.6 Å². The molecule has 4 heterocycles. The number of ketones is 3. The zero-order chi connectivity index (χ0) is 39.2. The molecule has 15 nitrogen and oxygen atoms in total. The van der Waals surface area contributed by atoms with E-state index in [0.29, 0.717) is 25.3 Å². The minimum absolute atomic E-state index is 0.000389. The minimum Gasteiger partial charge on any atom is -0.507 e. The van der Waals surface area contributed by atoms with E-state index in [1.807, 2.05) is 25.1 Å². The second-order valence-corrected chi connectivity index (χ2v) is 16.7. The second-order valence-electron chi connectivity index (χ2n) is 14.3. The molecule has 0 saturated carbocycles. The predicted molar refractivity (Wildman–Crippen MR) is 201 cm³/mol. The summed E-state index contributed by atoms with van der Waals surface area (Å²) in [5, 5.41) is 37.2. The van der Waals surface area contributed by atoms with Crippen LogP contribution in [0.4, 0.5) is 5.69 Å². The number of rotatable bonds is 11. The molecule has 0 spiro atoms. The molecule has 3 aliphatic heterocycles. The van der Waals surface area contributed by atoms with Crippen LogP contribution >= 0.6 is 21.6 Å². The smallest absolute Gasteiger partial charge is 0.225 e. The van der Waals surface area contributed by atoms with Gasteiger partial charge in [0.05, 0.1) is 41.2 Å². The first-order valence-electron chi connectivity index (χ1n) is 18.4. The molecule has 0 unspecified atom stereocenters. The van der Waals surface area contributed by atoms with Gasteiger partial charge in [0.1, 0.15) is 29.2 Å². The van der Waals surface area contributed by atoms with Crippen molar-refractivity contribution in [2.75, 3.05) is 37.9 Å². The summed E-state index contributed by atoms with van der Waals surface area (Å²) in [4.78, 5) is 61.0. The predicted octanol–water partition coefficient (Wildman–Crippen LogP) is 3.75. The van der Waals surface area contributed by atoms with Crippen molar-refractivity contribution >= 4 is 50.5 Å². The summed E-state index contributed by atoms with van der Waals surface area (Å²) in [5.41, 5.74) is -0.782. The molecule has 296 valence electrons. The number of anilines is 1. The fourth-order valence-corrected chi connectivity index (χ4v) is 10.4. The second kappa shape index (κ2) is 16.2. The number of carbonyl (C=O) groups is 4. The van der Waals surface area contributed by atoms with E-state index >= 15 is 0 Å². The van der Waals surface area contributed by atoms with E-state index in [1.54, 1.807) is 13.3 Å². The van der Waals surface area contributed by atoms with Gasteiger partial charge in [-0.3, -0.25) is 24.1 Å². The quantitative estimate of drug-likeness (QED) is 0.0969. The number of fused-ring (bicyclic) bond motifs is 6. The maximum absolute atomic E-state index is 14.4. The number of pyridine rings is 1. The van der Waals surface area contributed by atoms with Gasteiger partial charge in [-0.1, -0.05) is 29.0 Å². The van der Waals surface area contributed by atoms with Crippen molar-refractivity contribution in [3.63, 3.8) is 0 Å². The third-order valence-corrected chi connectivity index (χ3v) is 13.3. The highest BCUT2D eigenvalue weighted by molar-refractivity contribution is 8.76. The van der Waals surface area contributed by atoms with Gasteiger partial charge in [-0.25, -0.2) is 4.98 Å². The first-order valence-corrected chi connectivity index (χ1v) is 20.7. The van der Waals surface area contributed by atoms with Gasteiger partial charge in [0.25, 0.3) is 0 Å². The number of aliphatic hydroxyl groups is 1. The zero-order valence-electron chi connectivity index (χ0n) is 30.5. The van der Waals surface area contributed by atoms with Crippen LogP contribution in [0.25, 0.3) is 0 Å². The van der Waals surface area contributed by atoms with E-state index < -0.39 is 83.5 Å². The highest BCUT2D eigenvalue weighted by Crippen LogP contribution is 2.52. The van der Waals surface area contributed by atoms with E-state index in [-0.39, 0.29) is 65.3 Å². The molecular formula is C39H41N3O12S2. The van der Waals surface area contributed by atoms with Crippen LogP contribution in [0, 0.1) is 5.92 Å². The van der Waals surface area contributed by atoms with Crippen LogP contribution in [0.5, 0.6) is 11.5 Å². The maximum atomic E-state index is 14.4. The molecule has 8 rings (SSSR count). The molecule has 3 aromatic rings. The molecule has 1 aromatic heterocycles. The lowest BCUT2D eigenvalue weighted by Crippen LogP contribution is -2.55. The molecule has 17 heteroatoms. The van der Waals surface area contributed by atoms with Gasteiger partial charge in [0, 0.05) is 67.1 Å². The topological polar surface area (TPSA) is 203 Å². The number of methoxy groups -OCH3 is 1. The SMILES string of the molecule is CO[C@H]1OCCN2[C@@H]1O[C@@H]1[C@H](C)O[C@@H](O[C@H]3C[C@H](C(=O)CO)Cc4c(O)c5c(c(O)c43)C(=O)c3c(NC(=O)CCSSc4ccccn4)cccc3C5=O)C[C@@H]12. The number of aromatic hydroxyl groups is 2. The van der Waals surface area contributed by atoms with Crippen LogP contribution in [0.1, 0.15) is 75.3 Å². The molecule has 56 heavy (non-hydrogen) atoms. The van der Waals surface area contributed by atoms with Crippen LogP contribution in [-0.2, 0) is 39.7 Å². The molecule has 1 amide bonds. The Morgan fingerprint density at radius 2 is 1.86 bits per heavy atom. The number of phenols is 2. The number of hydrogen-bond acceptors (Lipinski definition) is 16. The summed E-state index contributed by atoms with van der Waals surface area (Å²) in [5.74, 6) is -3.91. The minimum atomic E-state index is -1.08. The third kappa shape index (κ3) is 7.02. The van der Waals surface area contributed by atoms with E-state index in [9.17, 15) is 34.5 Å². The number of ether oxygens (including phenoxy) is 5. The van der Waals surface area contributed by atoms with Gasteiger partial charge in [0.2, 0.25) is 5.91 Å². The van der Waals surface area contributed by atoms with E-state index in [1.165, 1.54) is 39.8 Å². The molecule has 2 aliphatic carbocycles. The van der Waals surface area contributed by atoms with Gasteiger partial charge >= 0.3 is 0 Å². The molecule has 3 saturated heterocycles. The summed E-state index contributed by atoms with van der Waals surface area (Å²) in [6.07, 6.45) is -1.70. The number of hydrogen-bond donors (Lipinski definition) is 4. The molecular weight excluding hydrogens is 767 g/mol. The maximum Gasteiger partial charge on any atom is 0.225 e. The summed E-state index contributed by atoms with van der Waals surface area (Å²) in [6.45, 7) is 2.13. The average Bonchev–Trinajstić information content (AvgIpc) is 3.59. The van der Waals surface area contributed by atoms with E-state index in [0.717, 1.165) is 5.03 Å². The van der Waals surface area contributed by atoms with Crippen LogP contribution < -0.4 is 5.32 Å². The number of amides is 1. The fourth-order valence-electron chi connectivity index (χ4n) is 8.48. The Morgan fingerprint density at radius 1 is 1.04 bits per heavy atom. The Kier molecular flexibility index (Phi) is 11.2. The average molecular weight is 808 g/mol. The van der Waals surface area contributed by atoms with Crippen molar-refractivity contribution in [3.8, 4) is 11.5 Å². The van der Waals surface area contributed by atoms with Crippen molar-refractivity contribution in [3.05, 3.63) is 76.0 Å². The van der Waals surface area contributed by atoms with Gasteiger partial charge in [-0.05, 0) is 48.8 Å². The molecule has 2 aromatic carbocycles. The lowest BCUT2D eigenvalue weighted by molar-refractivity contribution is -0.254. The normalized spacial score (nSPS) is 28.1. The highest BCUT2D eigenvalue weighted by atomic mass is 33.1. The largest absolute Gasteiger partial charge is 0.507 e. The number of morpholine rings is 1. The first kappa shape index (κ1) is 38.9. The van der Waals surface area contributed by atoms with Gasteiger partial charge in [-0.15, -0.1) is 0 Å². The van der Waals surface area contributed by atoms with Gasteiger partial charge < -0.3 is 44.3 Å². The summed E-state index contributed by atoms with van der Waals surface area (Å²) >= 11 is 0. The van der Waals surface area contributed by atoms with Gasteiger partial charge in [-0.2, -0.15) is 0 Å². The van der Waals surface area contributed by atoms with Crippen molar-refractivity contribution < 1.29 is 58.2 Å². The van der Waals surface area contributed by atoms with Crippen molar-refractivity contribution in [1.29, 1.82) is 0 Å². The standard InChI is InChI=1S/C39H41N3O12S2/c1-18-37-23(42-11-12-51-39(50-2)38(42)54-37)16-28(52-18)53-25-15-19(24(44)17-43)14-21-30(25)36(49)32-31(34(21)47)33(46)20-6-5-7-22(29(20)35(32)48)41-26(45)9-13-55-56-27-8-3-4-10-40-27/h3-8,10,18-19,23,25,28,37-39,43,47,49H,9,11-17H2,1-2H3,(H,41,45)/t18-,19+,23-,25-,28-,37+,38+,39-/m0/s1. The van der Waals surface area contributed by atoms with Crippen LogP contribution in [-0.4, -0.2) is 118 Å². The Hall–Kier alpha value is -3.91. The van der Waals surface area contributed by atoms with Crippen LogP contribution in [0.2, 0.25) is 0 Å². The van der Waals surface area contributed by atoms with Crippen molar-refractivity contribution in [2.24, 2.45) is 5.92 Å². The van der Waals surface area contributed by atoms with Gasteiger partial charge in [0.15, 0.2) is 36.2 Å². The number of phenolic OH excluding ortho intramolecular Hbond substituents is 2. The lowest BCUT2D eigenvalue weighted by Gasteiger charge is -2.42. The Balaban J connectivity index is 1.08. The number of nitrogens with zero attached hydrogens (tertiary/aromatic N) is 2. The fraction of sp³-hybridized carbons (Fsp3) is 0.462. The number of carbonyl (C=O) groups excluding carboxylic acids is 4. The summed E-state index contributed by atoms with van der Waals surface area (Å²) in [6, 6.07) is 9.85. The van der Waals surface area contributed by atoms with E-state index in [2.05, 4.69) is 15.2 Å². The Labute approximate surface area is 329 Å². The molecule has 0 bridgehead atoms. The number of benzene rings is 2. The summed E-state index contributed by atoms with van der Waals surface area (Å²) in [7, 11) is 4.43. The molecule has 3 fully saturated rings. The Bertz CT molecular complexity index is 2050. The number of aromatic nitrogens is 1. The first-order chi connectivity index (χ1) is 27.1. The molecule has 8 atom stereocenters. The van der Waals surface area contributed by atoms with Crippen molar-refractivity contribution in [2.45, 2.75) is 80.8 Å². The third-order valence-electron chi connectivity index (χ3n) is 11.0. The highest BCUT2D eigenvalue weighted by Gasteiger charge is 2.54. The number of nitrogens with one attached hydrogen (secondary N) is 1. The Morgan fingerprint density at radius 3 is 2.62 bits per heavy atom. The van der Waals surface area contributed by atoms with Crippen molar-refractivity contribution in [1.82, 2.24) is 9.88 Å². The molecule has 5 aliphatic rings. The zero-order valence-corrected chi connectivity index (χ0v) is 32.2. The van der Waals surface area contributed by atoms with E-state index in [4.69, 9.17) is 23.7 Å². The summed E-state index contributed by atoms with van der Waals surface area (Å²) < 4.78 is 30.4. The van der Waals surface area contributed by atoms with Crippen LogP contribution in [0.3, 0.4) is 0 Å². The molecule has 4 N–H and O–H groups in total. The number of aliphatic hydroxyl groups excluding tert-OH is 1. The monoisotopic (exact) mass is 807 g/mol.